The molecule has 7 heteroatoms. The average molecular weight is 338 g/mol. The van der Waals surface area contributed by atoms with Crippen molar-refractivity contribution in [1.29, 1.82) is 0 Å². The molecule has 0 aliphatic heterocycles. The monoisotopic (exact) mass is 337 g/mol. The third kappa shape index (κ3) is 2.95. The van der Waals surface area contributed by atoms with Crippen LogP contribution in [0, 0.1) is 0 Å². The Kier molecular flexibility index (Phi) is 3.71. The van der Waals surface area contributed by atoms with E-state index in [9.17, 15) is 4.79 Å². The SMILES string of the molecule is Nc1ccc2nc(NC(=O)c3ccc(Cl)c(Cl)c3)sc2c1. The third-order valence-corrected chi connectivity index (χ3v) is 4.49. The molecule has 0 saturated heterocycles. The lowest BCUT2D eigenvalue weighted by Gasteiger charge is -2.02. The first-order valence-electron chi connectivity index (χ1n) is 5.95. The number of aromatic nitrogens is 1. The van der Waals surface area contributed by atoms with Crippen molar-refractivity contribution in [2.75, 3.05) is 11.1 Å². The molecule has 0 aliphatic rings. The summed E-state index contributed by atoms with van der Waals surface area (Å²) in [6, 6.07) is 10.1. The van der Waals surface area contributed by atoms with E-state index in [0.717, 1.165) is 10.2 Å². The van der Waals surface area contributed by atoms with E-state index in [1.54, 1.807) is 18.2 Å². The largest absolute Gasteiger partial charge is 0.399 e. The predicted octanol–water partition coefficient (Wildman–Crippen LogP) is 4.44. The molecule has 0 fully saturated rings. The van der Waals surface area contributed by atoms with Gasteiger partial charge in [-0.25, -0.2) is 4.98 Å². The molecule has 0 unspecified atom stereocenters. The first kappa shape index (κ1) is 14.1. The summed E-state index contributed by atoms with van der Waals surface area (Å²) in [5.74, 6) is -0.291. The van der Waals surface area contributed by atoms with Crippen molar-refractivity contribution in [2.24, 2.45) is 0 Å². The summed E-state index contributed by atoms with van der Waals surface area (Å²) in [5, 5.41) is 3.99. The molecule has 3 aromatic rings. The zero-order valence-electron chi connectivity index (χ0n) is 10.6. The van der Waals surface area contributed by atoms with E-state index in [1.807, 2.05) is 12.1 Å². The minimum Gasteiger partial charge on any atom is -0.399 e. The van der Waals surface area contributed by atoms with E-state index in [-0.39, 0.29) is 5.91 Å². The molecule has 0 saturated carbocycles. The molecule has 0 atom stereocenters. The highest BCUT2D eigenvalue weighted by Crippen LogP contribution is 2.28. The Bertz CT molecular complexity index is 847. The number of nitrogens with two attached hydrogens (primary N) is 1. The van der Waals surface area contributed by atoms with Crippen molar-refractivity contribution in [3.05, 3.63) is 52.0 Å². The van der Waals surface area contributed by atoms with Crippen LogP contribution in [0.5, 0.6) is 0 Å². The Hall–Kier alpha value is -1.82. The lowest BCUT2D eigenvalue weighted by atomic mass is 10.2. The number of anilines is 2. The minimum absolute atomic E-state index is 0.291. The van der Waals surface area contributed by atoms with Crippen molar-refractivity contribution in [2.45, 2.75) is 0 Å². The van der Waals surface area contributed by atoms with Crippen LogP contribution in [0.1, 0.15) is 10.4 Å². The van der Waals surface area contributed by atoms with Gasteiger partial charge in [-0.05, 0) is 36.4 Å². The highest BCUT2D eigenvalue weighted by atomic mass is 35.5. The summed E-state index contributed by atoms with van der Waals surface area (Å²) in [4.78, 5) is 16.5. The van der Waals surface area contributed by atoms with Gasteiger partial charge in [0.15, 0.2) is 5.13 Å². The van der Waals surface area contributed by atoms with Gasteiger partial charge in [-0.15, -0.1) is 0 Å². The van der Waals surface area contributed by atoms with Gasteiger partial charge in [-0.2, -0.15) is 0 Å². The van der Waals surface area contributed by atoms with E-state index in [2.05, 4.69) is 10.3 Å². The van der Waals surface area contributed by atoms with Gasteiger partial charge in [-0.1, -0.05) is 34.5 Å². The lowest BCUT2D eigenvalue weighted by Crippen LogP contribution is -2.11. The van der Waals surface area contributed by atoms with Crippen LogP contribution in [-0.2, 0) is 0 Å². The molecule has 0 aliphatic carbocycles. The number of nitrogens with one attached hydrogen (secondary N) is 1. The molecule has 1 aromatic heterocycles. The third-order valence-electron chi connectivity index (χ3n) is 2.81. The fourth-order valence-electron chi connectivity index (χ4n) is 1.80. The molecule has 4 nitrogen and oxygen atoms in total. The van der Waals surface area contributed by atoms with Crippen molar-refractivity contribution in [3.8, 4) is 0 Å². The van der Waals surface area contributed by atoms with Crippen LogP contribution in [0.25, 0.3) is 10.2 Å². The number of nitrogen functional groups attached to an aromatic ring is 1. The summed E-state index contributed by atoms with van der Waals surface area (Å²) in [6.45, 7) is 0. The van der Waals surface area contributed by atoms with Crippen LogP contribution in [-0.4, -0.2) is 10.9 Å². The molecule has 0 bridgehead atoms. The van der Waals surface area contributed by atoms with Crippen LogP contribution < -0.4 is 11.1 Å². The van der Waals surface area contributed by atoms with Gasteiger partial charge in [-0.3, -0.25) is 10.1 Å². The fourth-order valence-corrected chi connectivity index (χ4v) is 3.01. The Morgan fingerprint density at radius 1 is 1.14 bits per heavy atom. The quantitative estimate of drug-likeness (QED) is 0.679. The molecule has 1 amide bonds. The van der Waals surface area contributed by atoms with E-state index in [4.69, 9.17) is 28.9 Å². The summed E-state index contributed by atoms with van der Waals surface area (Å²) in [6.07, 6.45) is 0. The molecule has 3 rings (SSSR count). The molecule has 1 heterocycles. The van der Waals surface area contributed by atoms with Gasteiger partial charge in [0.25, 0.3) is 5.91 Å². The number of nitrogens with zero attached hydrogens (tertiary/aromatic N) is 1. The Labute approximate surface area is 134 Å². The number of fused-ring (bicyclic) bond motifs is 1. The number of halogens is 2. The molecule has 0 radical (unpaired) electrons. The first-order chi connectivity index (χ1) is 10.0. The maximum Gasteiger partial charge on any atom is 0.257 e. The average Bonchev–Trinajstić information content (AvgIpc) is 2.83. The number of carbonyl (C=O) groups is 1. The second kappa shape index (κ2) is 5.52. The molecular weight excluding hydrogens is 329 g/mol. The standard InChI is InChI=1S/C14H9Cl2N3OS/c15-9-3-1-7(5-10(9)16)13(20)19-14-18-11-4-2-8(17)6-12(11)21-14/h1-6H,17H2,(H,18,19,20). The predicted molar refractivity (Wildman–Crippen MR) is 88.4 cm³/mol. The Morgan fingerprint density at radius 2 is 1.95 bits per heavy atom. The maximum atomic E-state index is 12.2. The number of rotatable bonds is 2. The Morgan fingerprint density at radius 3 is 2.71 bits per heavy atom. The summed E-state index contributed by atoms with van der Waals surface area (Å²) >= 11 is 13.1. The van der Waals surface area contributed by atoms with Gasteiger partial charge in [0.1, 0.15) is 0 Å². The Balaban J connectivity index is 1.87. The van der Waals surface area contributed by atoms with Crippen molar-refractivity contribution in [1.82, 2.24) is 4.98 Å². The molecule has 21 heavy (non-hydrogen) atoms. The van der Waals surface area contributed by atoms with Crippen LogP contribution >= 0.6 is 34.5 Å². The smallest absolute Gasteiger partial charge is 0.257 e. The topological polar surface area (TPSA) is 68.0 Å². The number of carbonyl (C=O) groups excluding carboxylic acids is 1. The number of amides is 1. The van der Waals surface area contributed by atoms with Gasteiger partial charge >= 0.3 is 0 Å². The van der Waals surface area contributed by atoms with Gasteiger partial charge in [0.2, 0.25) is 0 Å². The fraction of sp³-hybridized carbons (Fsp3) is 0. The van der Waals surface area contributed by atoms with Crippen molar-refractivity contribution in [3.63, 3.8) is 0 Å². The van der Waals surface area contributed by atoms with Crippen LogP contribution in [0.15, 0.2) is 36.4 Å². The van der Waals surface area contributed by atoms with Gasteiger partial charge < -0.3 is 5.73 Å². The number of hydrogen-bond acceptors (Lipinski definition) is 4. The van der Waals surface area contributed by atoms with Gasteiger partial charge in [0, 0.05) is 11.3 Å². The van der Waals surface area contributed by atoms with Crippen molar-refractivity contribution >= 4 is 61.5 Å². The normalized spacial score (nSPS) is 10.8. The first-order valence-corrected chi connectivity index (χ1v) is 7.52. The molecule has 3 N–H and O–H groups in total. The van der Waals surface area contributed by atoms with E-state index in [1.165, 1.54) is 17.4 Å². The summed E-state index contributed by atoms with van der Waals surface area (Å²) in [7, 11) is 0. The van der Waals surface area contributed by atoms with Gasteiger partial charge in [0.05, 0.1) is 20.3 Å². The number of thiazole rings is 1. The zero-order chi connectivity index (χ0) is 15.0. The van der Waals surface area contributed by atoms with Crippen molar-refractivity contribution < 1.29 is 4.79 Å². The van der Waals surface area contributed by atoms with Crippen LogP contribution in [0.2, 0.25) is 10.0 Å². The number of hydrogen-bond donors (Lipinski definition) is 2. The highest BCUT2D eigenvalue weighted by Gasteiger charge is 2.11. The van der Waals surface area contributed by atoms with E-state index < -0.39 is 0 Å². The second-order valence-corrected chi connectivity index (χ2v) is 6.17. The van der Waals surface area contributed by atoms with Crippen LogP contribution in [0.3, 0.4) is 0 Å². The highest BCUT2D eigenvalue weighted by molar-refractivity contribution is 7.22. The van der Waals surface area contributed by atoms with E-state index in [0.29, 0.717) is 26.4 Å². The van der Waals surface area contributed by atoms with E-state index >= 15 is 0 Å². The molecule has 0 spiro atoms. The minimum atomic E-state index is -0.291. The second-order valence-electron chi connectivity index (χ2n) is 4.33. The summed E-state index contributed by atoms with van der Waals surface area (Å²) < 4.78 is 0.916. The number of benzene rings is 2. The van der Waals surface area contributed by atoms with Crippen LogP contribution in [0.4, 0.5) is 10.8 Å². The maximum absolute atomic E-state index is 12.2. The molecule has 2 aromatic carbocycles. The lowest BCUT2D eigenvalue weighted by molar-refractivity contribution is 0.102. The summed E-state index contributed by atoms with van der Waals surface area (Å²) in [5.41, 5.74) is 7.59. The molecule has 106 valence electrons. The zero-order valence-corrected chi connectivity index (χ0v) is 12.9. The molecular formula is C14H9Cl2N3OS.